The van der Waals surface area contributed by atoms with Crippen molar-refractivity contribution in [2.75, 3.05) is 18.5 Å². The van der Waals surface area contributed by atoms with E-state index in [1.54, 1.807) is 0 Å². The molecule has 0 unspecified atom stereocenters. The Hall–Kier alpha value is -1.35. The van der Waals surface area contributed by atoms with Gasteiger partial charge in [0.1, 0.15) is 0 Å². The first-order valence-corrected chi connectivity index (χ1v) is 6.27. The summed E-state index contributed by atoms with van der Waals surface area (Å²) in [5, 5.41) is 3.03. The molecule has 1 aromatic carbocycles. The van der Waals surface area contributed by atoms with Crippen molar-refractivity contribution < 1.29 is 4.79 Å². The number of amides is 1. The quantitative estimate of drug-likeness (QED) is 0.852. The summed E-state index contributed by atoms with van der Waals surface area (Å²) < 4.78 is 0. The zero-order valence-electron chi connectivity index (χ0n) is 11.2. The van der Waals surface area contributed by atoms with Gasteiger partial charge in [0, 0.05) is 12.2 Å². The lowest BCUT2D eigenvalue weighted by atomic mass is 10.2. The summed E-state index contributed by atoms with van der Waals surface area (Å²) in [4.78, 5) is 13.7. The Bertz CT molecular complexity index is 359. The van der Waals surface area contributed by atoms with Gasteiger partial charge in [-0.1, -0.05) is 31.5 Å². The second-order valence-electron chi connectivity index (χ2n) is 3.96. The predicted octanol–water partition coefficient (Wildman–Crippen LogP) is 2.35. The van der Waals surface area contributed by atoms with E-state index in [-0.39, 0.29) is 11.9 Å². The van der Waals surface area contributed by atoms with Gasteiger partial charge in [0.05, 0.1) is 6.04 Å². The van der Waals surface area contributed by atoms with Gasteiger partial charge < -0.3 is 10.2 Å². The normalized spacial score (nSPS) is 18.9. The number of carbonyl (C=O) groups excluding carboxylic acids is 1. The predicted molar refractivity (Wildman–Crippen MR) is 72.3 cm³/mol. The van der Waals surface area contributed by atoms with Crippen molar-refractivity contribution in [1.29, 1.82) is 0 Å². The molecule has 2 rings (SSSR count). The Morgan fingerprint density at radius 2 is 1.82 bits per heavy atom. The molecule has 1 aliphatic heterocycles. The van der Waals surface area contributed by atoms with Crippen molar-refractivity contribution in [2.45, 2.75) is 33.2 Å². The fourth-order valence-electron chi connectivity index (χ4n) is 1.93. The van der Waals surface area contributed by atoms with Crippen LogP contribution in [0.2, 0.25) is 0 Å². The molecule has 1 aliphatic rings. The molecular formula is C14H22N2O. The summed E-state index contributed by atoms with van der Waals surface area (Å²) in [6, 6.07) is 8.08. The molecule has 3 heteroatoms. The van der Waals surface area contributed by atoms with Crippen LogP contribution in [0, 0.1) is 6.92 Å². The van der Waals surface area contributed by atoms with E-state index < -0.39 is 0 Å². The van der Waals surface area contributed by atoms with Gasteiger partial charge in [0.15, 0.2) is 0 Å². The van der Waals surface area contributed by atoms with Crippen LogP contribution in [0.4, 0.5) is 5.69 Å². The van der Waals surface area contributed by atoms with Gasteiger partial charge >= 0.3 is 0 Å². The lowest BCUT2D eigenvalue weighted by molar-refractivity contribution is -0.118. The van der Waals surface area contributed by atoms with Crippen LogP contribution in [-0.2, 0) is 4.79 Å². The van der Waals surface area contributed by atoms with Gasteiger partial charge in [-0.2, -0.15) is 0 Å². The maximum Gasteiger partial charge on any atom is 0.244 e. The number of rotatable bonds is 2. The maximum atomic E-state index is 11.9. The van der Waals surface area contributed by atoms with E-state index in [0.29, 0.717) is 0 Å². The van der Waals surface area contributed by atoms with Crippen LogP contribution >= 0.6 is 0 Å². The fourth-order valence-corrected chi connectivity index (χ4v) is 1.93. The molecule has 1 aromatic rings. The molecule has 1 atom stereocenters. The molecule has 3 nitrogen and oxygen atoms in total. The molecule has 1 fully saturated rings. The van der Waals surface area contributed by atoms with Crippen molar-refractivity contribution in [2.24, 2.45) is 0 Å². The summed E-state index contributed by atoms with van der Waals surface area (Å²) in [5.41, 5.74) is 2.22. The molecule has 17 heavy (non-hydrogen) atoms. The van der Waals surface area contributed by atoms with Gasteiger partial charge in [0.25, 0.3) is 0 Å². The van der Waals surface area contributed by atoms with Crippen LogP contribution in [0.15, 0.2) is 24.3 Å². The van der Waals surface area contributed by atoms with Crippen LogP contribution < -0.4 is 10.2 Å². The van der Waals surface area contributed by atoms with E-state index in [1.807, 2.05) is 57.0 Å². The SMILES string of the molecule is CC.CN[C@H]1CCN(c2ccc(C)cc2)C1=O. The van der Waals surface area contributed by atoms with Crippen LogP contribution in [0.3, 0.4) is 0 Å². The van der Waals surface area contributed by atoms with Crippen molar-refractivity contribution in [3.63, 3.8) is 0 Å². The molecule has 1 heterocycles. The molecule has 94 valence electrons. The average molecular weight is 234 g/mol. The third-order valence-corrected chi connectivity index (χ3v) is 2.90. The summed E-state index contributed by atoms with van der Waals surface area (Å²) in [7, 11) is 1.83. The minimum absolute atomic E-state index is 0.00805. The van der Waals surface area contributed by atoms with Gasteiger partial charge in [-0.05, 0) is 32.5 Å². The van der Waals surface area contributed by atoms with Gasteiger partial charge in [-0.3, -0.25) is 4.79 Å². The Labute approximate surface area is 104 Å². The topological polar surface area (TPSA) is 32.3 Å². The fraction of sp³-hybridized carbons (Fsp3) is 0.500. The van der Waals surface area contributed by atoms with E-state index in [4.69, 9.17) is 0 Å². The molecule has 0 aromatic heterocycles. The highest BCUT2D eigenvalue weighted by Crippen LogP contribution is 2.21. The monoisotopic (exact) mass is 234 g/mol. The third kappa shape index (κ3) is 3.07. The first-order valence-electron chi connectivity index (χ1n) is 6.27. The second-order valence-corrected chi connectivity index (χ2v) is 3.96. The lowest BCUT2D eigenvalue weighted by Gasteiger charge is -2.16. The second kappa shape index (κ2) is 6.40. The van der Waals surface area contributed by atoms with Crippen LogP contribution in [-0.4, -0.2) is 25.5 Å². The van der Waals surface area contributed by atoms with E-state index in [9.17, 15) is 4.79 Å². The average Bonchev–Trinajstić information content (AvgIpc) is 2.74. The minimum Gasteiger partial charge on any atom is -0.311 e. The highest BCUT2D eigenvalue weighted by Gasteiger charge is 2.30. The molecule has 0 spiro atoms. The lowest BCUT2D eigenvalue weighted by Crippen LogP contribution is -2.36. The Morgan fingerprint density at radius 3 is 2.29 bits per heavy atom. The van der Waals surface area contributed by atoms with Crippen LogP contribution in [0.5, 0.6) is 0 Å². The smallest absolute Gasteiger partial charge is 0.244 e. The molecule has 0 saturated carbocycles. The van der Waals surface area contributed by atoms with Crippen molar-refractivity contribution in [3.05, 3.63) is 29.8 Å². The molecule has 1 N–H and O–H groups in total. The largest absolute Gasteiger partial charge is 0.311 e. The Kier molecular flexibility index (Phi) is 5.16. The van der Waals surface area contributed by atoms with E-state index >= 15 is 0 Å². The van der Waals surface area contributed by atoms with Gasteiger partial charge in [-0.25, -0.2) is 0 Å². The number of nitrogens with zero attached hydrogens (tertiary/aromatic N) is 1. The first-order chi connectivity index (χ1) is 8.22. The zero-order chi connectivity index (χ0) is 12.8. The number of anilines is 1. The molecule has 0 aliphatic carbocycles. The van der Waals surface area contributed by atoms with E-state index in [0.717, 1.165) is 18.7 Å². The molecule has 1 amide bonds. The highest BCUT2D eigenvalue weighted by atomic mass is 16.2. The van der Waals surface area contributed by atoms with Gasteiger partial charge in [-0.15, -0.1) is 0 Å². The number of nitrogens with one attached hydrogen (secondary N) is 1. The maximum absolute atomic E-state index is 11.9. The first kappa shape index (κ1) is 13.7. The van der Waals surface area contributed by atoms with Crippen LogP contribution in [0.1, 0.15) is 25.8 Å². The third-order valence-electron chi connectivity index (χ3n) is 2.90. The van der Waals surface area contributed by atoms with E-state index in [1.165, 1.54) is 5.56 Å². The molecule has 0 bridgehead atoms. The number of aryl methyl sites for hydroxylation is 1. The Morgan fingerprint density at radius 1 is 1.24 bits per heavy atom. The Balaban J connectivity index is 0.000000686. The van der Waals surface area contributed by atoms with E-state index in [2.05, 4.69) is 5.32 Å². The van der Waals surface area contributed by atoms with Crippen molar-refractivity contribution in [3.8, 4) is 0 Å². The standard InChI is InChI=1S/C12H16N2O.C2H6/c1-9-3-5-10(6-4-9)14-8-7-11(13-2)12(14)15;1-2/h3-6,11,13H,7-8H2,1-2H3;1-2H3/t11-;/m0./s1. The summed E-state index contributed by atoms with van der Waals surface area (Å²) in [6.07, 6.45) is 0.892. The molecule has 1 saturated heterocycles. The number of benzene rings is 1. The number of carbonyl (C=O) groups is 1. The number of hydrogen-bond donors (Lipinski definition) is 1. The zero-order valence-corrected chi connectivity index (χ0v) is 11.2. The number of likely N-dealkylation sites (N-methyl/N-ethyl adjacent to an activating group) is 1. The van der Waals surface area contributed by atoms with Crippen LogP contribution in [0.25, 0.3) is 0 Å². The highest BCUT2D eigenvalue weighted by molar-refractivity contribution is 5.99. The molecule has 0 radical (unpaired) electrons. The molecular weight excluding hydrogens is 212 g/mol. The summed E-state index contributed by atoms with van der Waals surface area (Å²) in [5.74, 6) is 0.182. The van der Waals surface area contributed by atoms with Crippen molar-refractivity contribution >= 4 is 11.6 Å². The van der Waals surface area contributed by atoms with Crippen molar-refractivity contribution in [1.82, 2.24) is 5.32 Å². The summed E-state index contributed by atoms with van der Waals surface area (Å²) >= 11 is 0. The minimum atomic E-state index is -0.00805. The number of hydrogen-bond acceptors (Lipinski definition) is 2. The van der Waals surface area contributed by atoms with Gasteiger partial charge in [0.2, 0.25) is 5.91 Å². The summed E-state index contributed by atoms with van der Waals surface area (Å²) in [6.45, 7) is 6.86.